The summed E-state index contributed by atoms with van der Waals surface area (Å²) in [4.78, 5) is 4.78. The van der Waals surface area contributed by atoms with Gasteiger partial charge in [0.25, 0.3) is 0 Å². The van der Waals surface area contributed by atoms with E-state index < -0.39 is 0 Å². The molecule has 0 aliphatic heterocycles. The SMILES string of the molecule is COc1ccc2c(c1)nc(C(C)Cl)n2C1CCCC1(C)C. The van der Waals surface area contributed by atoms with Crippen molar-refractivity contribution >= 4 is 22.6 Å². The molecule has 114 valence electrons. The van der Waals surface area contributed by atoms with Gasteiger partial charge in [-0.2, -0.15) is 0 Å². The van der Waals surface area contributed by atoms with Crippen LogP contribution in [0, 0.1) is 5.41 Å². The lowest BCUT2D eigenvalue weighted by Crippen LogP contribution is -2.23. The quantitative estimate of drug-likeness (QED) is 0.738. The van der Waals surface area contributed by atoms with Crippen molar-refractivity contribution in [3.63, 3.8) is 0 Å². The second kappa shape index (κ2) is 5.20. The predicted molar refractivity (Wildman–Crippen MR) is 87.2 cm³/mol. The fourth-order valence-electron chi connectivity index (χ4n) is 3.62. The van der Waals surface area contributed by atoms with Crippen LogP contribution in [0.1, 0.15) is 57.3 Å². The van der Waals surface area contributed by atoms with Gasteiger partial charge < -0.3 is 9.30 Å². The van der Waals surface area contributed by atoms with Crippen molar-refractivity contribution in [2.45, 2.75) is 51.5 Å². The number of alkyl halides is 1. The van der Waals surface area contributed by atoms with Gasteiger partial charge in [-0.1, -0.05) is 20.3 Å². The van der Waals surface area contributed by atoms with E-state index in [4.69, 9.17) is 21.3 Å². The molecule has 0 spiro atoms. The maximum absolute atomic E-state index is 6.41. The number of rotatable bonds is 3. The minimum atomic E-state index is -0.0974. The lowest BCUT2D eigenvalue weighted by Gasteiger charge is -2.30. The Hall–Kier alpha value is -1.22. The van der Waals surface area contributed by atoms with E-state index in [2.05, 4.69) is 24.5 Å². The molecule has 4 heteroatoms. The van der Waals surface area contributed by atoms with Gasteiger partial charge >= 0.3 is 0 Å². The Morgan fingerprint density at radius 3 is 2.76 bits per heavy atom. The highest BCUT2D eigenvalue weighted by atomic mass is 35.5. The molecule has 1 aliphatic carbocycles. The first-order valence-electron chi connectivity index (χ1n) is 7.64. The van der Waals surface area contributed by atoms with Crippen LogP contribution in [-0.2, 0) is 0 Å². The van der Waals surface area contributed by atoms with E-state index in [0.29, 0.717) is 6.04 Å². The molecule has 0 radical (unpaired) electrons. The Morgan fingerprint density at radius 2 is 2.19 bits per heavy atom. The minimum Gasteiger partial charge on any atom is -0.497 e. The summed E-state index contributed by atoms with van der Waals surface area (Å²) < 4.78 is 7.69. The van der Waals surface area contributed by atoms with Crippen molar-refractivity contribution in [2.75, 3.05) is 7.11 Å². The van der Waals surface area contributed by atoms with E-state index in [0.717, 1.165) is 17.1 Å². The van der Waals surface area contributed by atoms with Crippen molar-refractivity contribution in [1.82, 2.24) is 9.55 Å². The first kappa shape index (κ1) is 14.7. The zero-order valence-corrected chi connectivity index (χ0v) is 13.9. The highest BCUT2D eigenvalue weighted by Gasteiger charge is 2.38. The van der Waals surface area contributed by atoms with Crippen LogP contribution < -0.4 is 4.74 Å². The summed E-state index contributed by atoms with van der Waals surface area (Å²) in [5, 5.41) is -0.0974. The Labute approximate surface area is 131 Å². The van der Waals surface area contributed by atoms with Crippen molar-refractivity contribution in [1.29, 1.82) is 0 Å². The van der Waals surface area contributed by atoms with Crippen LogP contribution in [0.4, 0.5) is 0 Å². The average Bonchev–Trinajstić information content (AvgIpc) is 2.97. The molecule has 0 amide bonds. The maximum Gasteiger partial charge on any atom is 0.127 e. The van der Waals surface area contributed by atoms with Gasteiger partial charge in [0.2, 0.25) is 0 Å². The molecule has 3 rings (SSSR count). The number of aromatic nitrogens is 2. The number of hydrogen-bond donors (Lipinski definition) is 0. The molecule has 3 nitrogen and oxygen atoms in total. The van der Waals surface area contributed by atoms with Gasteiger partial charge in [-0.3, -0.25) is 0 Å². The molecule has 2 unspecified atom stereocenters. The van der Waals surface area contributed by atoms with E-state index in [1.807, 2.05) is 19.1 Å². The van der Waals surface area contributed by atoms with E-state index in [1.165, 1.54) is 24.8 Å². The van der Waals surface area contributed by atoms with Gasteiger partial charge in [-0.05, 0) is 37.3 Å². The molecular formula is C17H23ClN2O. The molecular weight excluding hydrogens is 284 g/mol. The molecule has 1 aromatic heterocycles. The largest absolute Gasteiger partial charge is 0.497 e. The Bertz CT molecular complexity index is 660. The number of imidazole rings is 1. The predicted octanol–water partition coefficient (Wildman–Crippen LogP) is 5.10. The number of hydrogen-bond acceptors (Lipinski definition) is 2. The molecule has 1 aromatic carbocycles. The van der Waals surface area contributed by atoms with Crippen molar-refractivity contribution in [3.8, 4) is 5.75 Å². The second-order valence-electron chi connectivity index (χ2n) is 6.71. The molecule has 0 bridgehead atoms. The van der Waals surface area contributed by atoms with Crippen molar-refractivity contribution in [2.24, 2.45) is 5.41 Å². The topological polar surface area (TPSA) is 27.1 Å². The molecule has 1 saturated carbocycles. The molecule has 0 saturated heterocycles. The molecule has 1 fully saturated rings. The van der Waals surface area contributed by atoms with Crippen LogP contribution in [0.5, 0.6) is 5.75 Å². The van der Waals surface area contributed by atoms with E-state index in [-0.39, 0.29) is 10.8 Å². The van der Waals surface area contributed by atoms with Crippen molar-refractivity contribution in [3.05, 3.63) is 24.0 Å². The summed E-state index contributed by atoms with van der Waals surface area (Å²) in [7, 11) is 1.68. The summed E-state index contributed by atoms with van der Waals surface area (Å²) in [6.07, 6.45) is 3.72. The summed E-state index contributed by atoms with van der Waals surface area (Å²) in [5.41, 5.74) is 2.42. The van der Waals surface area contributed by atoms with Crippen LogP contribution in [0.15, 0.2) is 18.2 Å². The van der Waals surface area contributed by atoms with Crippen LogP contribution in [0.3, 0.4) is 0 Å². The number of nitrogens with zero attached hydrogens (tertiary/aromatic N) is 2. The van der Waals surface area contributed by atoms with Crippen LogP contribution in [0.25, 0.3) is 11.0 Å². The average molecular weight is 307 g/mol. The van der Waals surface area contributed by atoms with Crippen LogP contribution in [0.2, 0.25) is 0 Å². The molecule has 2 aromatic rings. The zero-order chi connectivity index (χ0) is 15.2. The molecule has 0 N–H and O–H groups in total. The number of ether oxygens (including phenoxy) is 1. The highest BCUT2D eigenvalue weighted by molar-refractivity contribution is 6.20. The zero-order valence-electron chi connectivity index (χ0n) is 13.2. The third-order valence-corrected chi connectivity index (χ3v) is 4.99. The Kier molecular flexibility index (Phi) is 3.64. The standard InChI is InChI=1S/C17H23ClN2O/c1-11(18)16-19-13-10-12(21-4)7-8-14(13)20(16)15-6-5-9-17(15,2)3/h7-8,10-11,15H,5-6,9H2,1-4H3. The summed E-state index contributed by atoms with van der Waals surface area (Å²) in [5.74, 6) is 1.81. The third kappa shape index (κ3) is 2.42. The van der Waals surface area contributed by atoms with Gasteiger partial charge in [0.1, 0.15) is 11.6 Å². The van der Waals surface area contributed by atoms with Gasteiger partial charge in [-0.25, -0.2) is 4.98 Å². The first-order valence-corrected chi connectivity index (χ1v) is 8.07. The van der Waals surface area contributed by atoms with Crippen molar-refractivity contribution < 1.29 is 4.74 Å². The lowest BCUT2D eigenvalue weighted by molar-refractivity contribution is 0.261. The lowest BCUT2D eigenvalue weighted by atomic mass is 9.87. The summed E-state index contributed by atoms with van der Waals surface area (Å²) in [6, 6.07) is 6.58. The number of methoxy groups -OCH3 is 1. The molecule has 1 heterocycles. The Balaban J connectivity index is 2.21. The number of halogens is 1. The number of fused-ring (bicyclic) bond motifs is 1. The third-order valence-electron chi connectivity index (χ3n) is 4.79. The first-order chi connectivity index (χ1) is 9.94. The Morgan fingerprint density at radius 1 is 1.43 bits per heavy atom. The smallest absolute Gasteiger partial charge is 0.127 e. The van der Waals surface area contributed by atoms with E-state index in [1.54, 1.807) is 7.11 Å². The highest BCUT2D eigenvalue weighted by Crippen LogP contribution is 2.48. The maximum atomic E-state index is 6.41. The van der Waals surface area contributed by atoms with Gasteiger partial charge in [0.15, 0.2) is 0 Å². The van der Waals surface area contributed by atoms with Gasteiger partial charge in [0, 0.05) is 12.1 Å². The molecule has 2 atom stereocenters. The molecule has 1 aliphatic rings. The normalized spacial score (nSPS) is 22.6. The van der Waals surface area contributed by atoms with Gasteiger partial charge in [-0.15, -0.1) is 11.6 Å². The van der Waals surface area contributed by atoms with Crippen LogP contribution in [-0.4, -0.2) is 16.7 Å². The summed E-state index contributed by atoms with van der Waals surface area (Å²) >= 11 is 6.41. The van der Waals surface area contributed by atoms with Crippen LogP contribution >= 0.6 is 11.6 Å². The molecule has 21 heavy (non-hydrogen) atoms. The van der Waals surface area contributed by atoms with E-state index >= 15 is 0 Å². The number of benzene rings is 1. The summed E-state index contributed by atoms with van der Waals surface area (Å²) in [6.45, 7) is 6.70. The van der Waals surface area contributed by atoms with E-state index in [9.17, 15) is 0 Å². The monoisotopic (exact) mass is 306 g/mol. The fourth-order valence-corrected chi connectivity index (χ4v) is 3.77. The fraction of sp³-hybridized carbons (Fsp3) is 0.588. The second-order valence-corrected chi connectivity index (χ2v) is 7.36. The minimum absolute atomic E-state index is 0.0974. The van der Waals surface area contributed by atoms with Gasteiger partial charge in [0.05, 0.1) is 23.5 Å².